The van der Waals surface area contributed by atoms with E-state index >= 15 is 0 Å². The van der Waals surface area contributed by atoms with Gasteiger partial charge in [-0.2, -0.15) is 0 Å². The van der Waals surface area contributed by atoms with Crippen LogP contribution in [-0.4, -0.2) is 22.3 Å². The van der Waals surface area contributed by atoms with Crippen molar-refractivity contribution >= 4 is 0 Å². The fourth-order valence-corrected chi connectivity index (χ4v) is 2.15. The van der Waals surface area contributed by atoms with Gasteiger partial charge in [-0.3, -0.25) is 0 Å². The SMILES string of the molecule is CCn1cc[n+](COCCCCOC[n+]2ccn(CC)c2)c1.[Cl-].[Cl-]. The van der Waals surface area contributed by atoms with E-state index in [-0.39, 0.29) is 24.8 Å². The first kappa shape index (κ1) is 22.9. The number of nitrogens with zero attached hydrogens (tertiary/aromatic N) is 4. The van der Waals surface area contributed by atoms with Gasteiger partial charge in [0.05, 0.1) is 26.3 Å². The molecule has 0 aromatic carbocycles. The van der Waals surface area contributed by atoms with E-state index in [1.54, 1.807) is 0 Å². The Kier molecular flexibility index (Phi) is 12.6. The summed E-state index contributed by atoms with van der Waals surface area (Å²) in [4.78, 5) is 0. The Hall–Kier alpha value is -1.08. The molecule has 8 heteroatoms. The van der Waals surface area contributed by atoms with E-state index in [4.69, 9.17) is 9.47 Å². The molecule has 0 atom stereocenters. The molecule has 2 rings (SSSR count). The summed E-state index contributed by atoms with van der Waals surface area (Å²) in [5, 5.41) is 0. The third kappa shape index (κ3) is 8.15. The van der Waals surface area contributed by atoms with Crippen LogP contribution in [0.25, 0.3) is 0 Å². The third-order valence-electron chi connectivity index (χ3n) is 3.53. The second-order valence-corrected chi connectivity index (χ2v) is 5.30. The average molecular weight is 379 g/mol. The zero-order valence-electron chi connectivity index (χ0n) is 14.5. The van der Waals surface area contributed by atoms with Crippen LogP contribution in [0.15, 0.2) is 37.4 Å². The van der Waals surface area contributed by atoms with Gasteiger partial charge >= 0.3 is 0 Å². The molecule has 0 saturated carbocycles. The summed E-state index contributed by atoms with van der Waals surface area (Å²) in [5.74, 6) is 0. The number of hydrogen-bond acceptors (Lipinski definition) is 2. The molecule has 138 valence electrons. The molecule has 0 aliphatic rings. The molecule has 0 aliphatic carbocycles. The van der Waals surface area contributed by atoms with Gasteiger partial charge in [0.15, 0.2) is 13.5 Å². The van der Waals surface area contributed by atoms with Gasteiger partial charge in [-0.15, -0.1) is 0 Å². The minimum Gasteiger partial charge on any atom is -1.00 e. The normalized spacial score (nSPS) is 10.2. The molecule has 0 N–H and O–H groups in total. The molecule has 0 radical (unpaired) electrons. The van der Waals surface area contributed by atoms with Gasteiger partial charge in [0.25, 0.3) is 0 Å². The van der Waals surface area contributed by atoms with Crippen molar-refractivity contribution in [2.75, 3.05) is 13.2 Å². The molecular formula is C16H28Cl2N4O2. The first-order chi connectivity index (χ1) is 10.8. The first-order valence-electron chi connectivity index (χ1n) is 8.07. The van der Waals surface area contributed by atoms with Crippen molar-refractivity contribution in [1.29, 1.82) is 0 Å². The van der Waals surface area contributed by atoms with Gasteiger partial charge in [0, 0.05) is 0 Å². The van der Waals surface area contributed by atoms with Crippen LogP contribution < -0.4 is 33.9 Å². The Morgan fingerprint density at radius 3 is 1.50 bits per heavy atom. The summed E-state index contributed by atoms with van der Waals surface area (Å²) < 4.78 is 19.6. The predicted molar refractivity (Wildman–Crippen MR) is 81.7 cm³/mol. The molecule has 0 spiro atoms. The maximum absolute atomic E-state index is 5.65. The van der Waals surface area contributed by atoms with Crippen LogP contribution in [0.3, 0.4) is 0 Å². The molecule has 0 saturated heterocycles. The number of aromatic nitrogens is 4. The standard InChI is InChI=1S/C16H28N4O2.2ClH/c1-3-17-7-9-19(13-17)15-21-11-5-6-12-22-16-20-10-8-18(4-2)14-20;;/h7-10,13-14H,3-6,11-12,15-16H2,1-2H3;2*1H/q+2;;/p-2. The Morgan fingerprint density at radius 1 is 0.750 bits per heavy atom. The number of hydrogen-bond donors (Lipinski definition) is 0. The molecule has 2 aromatic rings. The number of rotatable bonds is 11. The zero-order chi connectivity index (χ0) is 15.6. The highest BCUT2D eigenvalue weighted by atomic mass is 35.5. The lowest BCUT2D eigenvalue weighted by Gasteiger charge is -2.03. The molecule has 0 unspecified atom stereocenters. The highest BCUT2D eigenvalue weighted by Gasteiger charge is 2.02. The van der Waals surface area contributed by atoms with Crippen LogP contribution in [0.1, 0.15) is 26.7 Å². The van der Waals surface area contributed by atoms with E-state index < -0.39 is 0 Å². The minimum absolute atomic E-state index is 0. The van der Waals surface area contributed by atoms with E-state index in [1.165, 1.54) is 0 Å². The predicted octanol–water partition coefficient (Wildman–Crippen LogP) is -4.66. The van der Waals surface area contributed by atoms with Gasteiger partial charge in [-0.05, 0) is 26.7 Å². The largest absolute Gasteiger partial charge is 1.00 e. The van der Waals surface area contributed by atoms with E-state index in [2.05, 4.69) is 57.2 Å². The van der Waals surface area contributed by atoms with Crippen LogP contribution in [-0.2, 0) is 36.0 Å². The van der Waals surface area contributed by atoms with Crippen LogP contribution in [0.2, 0.25) is 0 Å². The second-order valence-electron chi connectivity index (χ2n) is 5.30. The summed E-state index contributed by atoms with van der Waals surface area (Å²) in [7, 11) is 0. The van der Waals surface area contributed by atoms with Gasteiger partial charge in [-0.25, -0.2) is 18.3 Å². The minimum atomic E-state index is 0. The number of ether oxygens (including phenoxy) is 2. The van der Waals surface area contributed by atoms with Crippen molar-refractivity contribution in [3.8, 4) is 0 Å². The fourth-order valence-electron chi connectivity index (χ4n) is 2.15. The Morgan fingerprint density at radius 2 is 1.17 bits per heavy atom. The summed E-state index contributed by atoms with van der Waals surface area (Å²) in [5.41, 5.74) is 0. The average Bonchev–Trinajstić information content (AvgIpc) is 3.18. The molecule has 24 heavy (non-hydrogen) atoms. The van der Waals surface area contributed by atoms with E-state index in [0.29, 0.717) is 13.5 Å². The van der Waals surface area contributed by atoms with Crippen molar-refractivity contribution in [3.05, 3.63) is 37.4 Å². The second kappa shape index (κ2) is 13.2. The quantitative estimate of drug-likeness (QED) is 0.291. The topological polar surface area (TPSA) is 36.1 Å². The molecule has 6 nitrogen and oxygen atoms in total. The van der Waals surface area contributed by atoms with Crippen molar-refractivity contribution in [2.45, 2.75) is 53.2 Å². The van der Waals surface area contributed by atoms with E-state index in [1.807, 2.05) is 12.4 Å². The van der Waals surface area contributed by atoms with Crippen molar-refractivity contribution in [3.63, 3.8) is 0 Å². The lowest BCUT2D eigenvalue weighted by molar-refractivity contribution is -0.733. The number of unbranched alkanes of at least 4 members (excludes halogenated alkanes) is 1. The lowest BCUT2D eigenvalue weighted by atomic mass is 10.3. The number of halogens is 2. The van der Waals surface area contributed by atoms with Crippen molar-refractivity contribution < 1.29 is 43.4 Å². The Bertz CT molecular complexity index is 497. The Balaban J connectivity index is 0.00000264. The zero-order valence-corrected chi connectivity index (χ0v) is 16.0. The number of imidazole rings is 2. The summed E-state index contributed by atoms with van der Waals surface area (Å²) in [6.45, 7) is 9.01. The molecule has 0 amide bonds. The maximum atomic E-state index is 5.65. The van der Waals surface area contributed by atoms with Crippen LogP contribution in [0.4, 0.5) is 0 Å². The molecule has 2 aromatic heterocycles. The van der Waals surface area contributed by atoms with Crippen LogP contribution in [0, 0.1) is 0 Å². The smallest absolute Gasteiger partial charge is 0.245 e. The Labute approximate surface area is 156 Å². The molecule has 2 heterocycles. The summed E-state index contributed by atoms with van der Waals surface area (Å²) >= 11 is 0. The molecular weight excluding hydrogens is 351 g/mol. The summed E-state index contributed by atoms with van der Waals surface area (Å²) in [6, 6.07) is 0. The summed E-state index contributed by atoms with van der Waals surface area (Å²) in [6.07, 6.45) is 14.3. The highest BCUT2D eigenvalue weighted by molar-refractivity contribution is 4.64. The highest BCUT2D eigenvalue weighted by Crippen LogP contribution is 1.92. The lowest BCUT2D eigenvalue weighted by Crippen LogP contribution is -3.00. The van der Waals surface area contributed by atoms with Crippen LogP contribution >= 0.6 is 0 Å². The van der Waals surface area contributed by atoms with Crippen molar-refractivity contribution in [2.24, 2.45) is 0 Å². The molecule has 0 bridgehead atoms. The van der Waals surface area contributed by atoms with Gasteiger partial charge in [-0.1, -0.05) is 0 Å². The number of aryl methyl sites for hydroxylation is 2. The van der Waals surface area contributed by atoms with Gasteiger partial charge in [0.2, 0.25) is 12.7 Å². The van der Waals surface area contributed by atoms with Gasteiger partial charge in [0.1, 0.15) is 24.8 Å². The monoisotopic (exact) mass is 378 g/mol. The van der Waals surface area contributed by atoms with Crippen LogP contribution in [0.5, 0.6) is 0 Å². The fraction of sp³-hybridized carbons (Fsp3) is 0.625. The maximum Gasteiger partial charge on any atom is 0.245 e. The molecule has 0 fully saturated rings. The molecule has 0 aliphatic heterocycles. The van der Waals surface area contributed by atoms with Gasteiger partial charge < -0.3 is 34.3 Å². The first-order valence-corrected chi connectivity index (χ1v) is 8.07. The van der Waals surface area contributed by atoms with E-state index in [0.717, 1.165) is 39.1 Å². The van der Waals surface area contributed by atoms with E-state index in [9.17, 15) is 0 Å². The third-order valence-corrected chi connectivity index (χ3v) is 3.53. The van der Waals surface area contributed by atoms with Crippen molar-refractivity contribution in [1.82, 2.24) is 9.13 Å².